The van der Waals surface area contributed by atoms with Crippen molar-refractivity contribution in [2.24, 2.45) is 0 Å². The molecule has 5 nitrogen and oxygen atoms in total. The third-order valence-corrected chi connectivity index (χ3v) is 2.31. The number of hydrogen-bond donors (Lipinski definition) is 0. The van der Waals surface area contributed by atoms with Gasteiger partial charge in [-0.15, -0.1) is 5.06 Å². The van der Waals surface area contributed by atoms with Crippen LogP contribution in [0, 0.1) is 10.1 Å². The van der Waals surface area contributed by atoms with E-state index in [1.165, 1.54) is 12.1 Å². The maximum Gasteiger partial charge on any atom is 0.269 e. The van der Waals surface area contributed by atoms with Crippen LogP contribution in [0.5, 0.6) is 0 Å². The third-order valence-electron chi connectivity index (χ3n) is 2.31. The summed E-state index contributed by atoms with van der Waals surface area (Å²) >= 11 is 0. The molecule has 0 spiro atoms. The van der Waals surface area contributed by atoms with Crippen LogP contribution in [0.2, 0.25) is 0 Å². The molecule has 1 aliphatic rings. The van der Waals surface area contributed by atoms with Gasteiger partial charge in [-0.2, -0.15) is 0 Å². The van der Waals surface area contributed by atoms with Gasteiger partial charge in [0.1, 0.15) is 0 Å². The summed E-state index contributed by atoms with van der Waals surface area (Å²) in [5, 5.41) is 12.3. The predicted octanol–water partition coefficient (Wildman–Crippen LogP) is 2.25. The van der Waals surface area contributed by atoms with Crippen molar-refractivity contribution < 1.29 is 9.76 Å². The zero-order valence-electron chi connectivity index (χ0n) is 8.58. The van der Waals surface area contributed by atoms with E-state index in [4.69, 9.17) is 4.84 Å². The Morgan fingerprint density at radius 2 is 2.00 bits per heavy atom. The van der Waals surface area contributed by atoms with Crippen molar-refractivity contribution in [3.05, 3.63) is 39.9 Å². The van der Waals surface area contributed by atoms with Gasteiger partial charge in [0.25, 0.3) is 5.69 Å². The number of nitrogens with zero attached hydrogens (tertiary/aromatic N) is 2. The highest BCUT2D eigenvalue weighted by Gasteiger charge is 2.39. The van der Waals surface area contributed by atoms with E-state index in [1.54, 1.807) is 12.1 Å². The molecule has 0 N–H and O–H groups in total. The lowest BCUT2D eigenvalue weighted by Crippen LogP contribution is -2.08. The molecule has 2 rings (SSSR count). The molecule has 1 fully saturated rings. The normalized spacial score (nSPS) is 24.2. The van der Waals surface area contributed by atoms with Gasteiger partial charge in [-0.1, -0.05) is 0 Å². The molecular weight excluding hydrogens is 196 g/mol. The summed E-state index contributed by atoms with van der Waals surface area (Å²) in [7, 11) is 0. The molecule has 1 aromatic rings. The van der Waals surface area contributed by atoms with Crippen LogP contribution in [-0.4, -0.2) is 16.0 Å². The van der Waals surface area contributed by atoms with Gasteiger partial charge in [-0.3, -0.25) is 15.0 Å². The van der Waals surface area contributed by atoms with Crippen LogP contribution in [0.1, 0.15) is 25.6 Å². The van der Waals surface area contributed by atoms with Crippen LogP contribution in [0.4, 0.5) is 5.69 Å². The zero-order valence-corrected chi connectivity index (χ0v) is 8.58. The molecule has 15 heavy (non-hydrogen) atoms. The molecule has 1 aliphatic heterocycles. The number of benzene rings is 1. The molecule has 0 amide bonds. The number of rotatable bonds is 3. The molecule has 1 aromatic carbocycles. The number of non-ortho nitro benzene ring substituents is 1. The Labute approximate surface area is 87.4 Å². The van der Waals surface area contributed by atoms with Gasteiger partial charge in [0.2, 0.25) is 0 Å². The first-order valence-electron chi connectivity index (χ1n) is 4.79. The average molecular weight is 208 g/mol. The first-order chi connectivity index (χ1) is 7.09. The Balaban J connectivity index is 2.09. The SMILES string of the molecule is CC(C)N1O[C@@H]1c1ccc([N+](=O)[O-])cc1. The third kappa shape index (κ3) is 1.98. The fourth-order valence-electron chi connectivity index (χ4n) is 1.45. The van der Waals surface area contributed by atoms with Crippen molar-refractivity contribution in [1.29, 1.82) is 0 Å². The van der Waals surface area contributed by atoms with Crippen molar-refractivity contribution in [2.75, 3.05) is 0 Å². The monoisotopic (exact) mass is 208 g/mol. The molecule has 5 heteroatoms. The second-order valence-corrected chi connectivity index (χ2v) is 3.76. The van der Waals surface area contributed by atoms with Crippen molar-refractivity contribution >= 4 is 5.69 Å². The number of nitro groups is 1. The van der Waals surface area contributed by atoms with E-state index in [-0.39, 0.29) is 11.9 Å². The van der Waals surface area contributed by atoms with Gasteiger partial charge in [-0.05, 0) is 26.0 Å². The van der Waals surface area contributed by atoms with Crippen LogP contribution in [-0.2, 0) is 4.84 Å². The summed E-state index contributed by atoms with van der Waals surface area (Å²) in [6.07, 6.45) is -0.0363. The van der Waals surface area contributed by atoms with Gasteiger partial charge in [0.15, 0.2) is 6.23 Å². The maximum atomic E-state index is 10.4. The Morgan fingerprint density at radius 1 is 1.40 bits per heavy atom. The summed E-state index contributed by atoms with van der Waals surface area (Å²) in [6, 6.07) is 6.77. The van der Waals surface area contributed by atoms with E-state index in [0.29, 0.717) is 6.04 Å². The van der Waals surface area contributed by atoms with Gasteiger partial charge in [-0.25, -0.2) is 0 Å². The van der Waals surface area contributed by atoms with Crippen LogP contribution in [0.25, 0.3) is 0 Å². The molecule has 1 heterocycles. The molecule has 0 radical (unpaired) electrons. The van der Waals surface area contributed by atoms with Crippen LogP contribution < -0.4 is 0 Å². The summed E-state index contributed by atoms with van der Waals surface area (Å²) < 4.78 is 0. The first kappa shape index (κ1) is 10.1. The Bertz CT molecular complexity index is 375. The molecule has 2 atom stereocenters. The summed E-state index contributed by atoms with van der Waals surface area (Å²) in [5.74, 6) is 0. The van der Waals surface area contributed by atoms with Gasteiger partial charge < -0.3 is 0 Å². The van der Waals surface area contributed by atoms with Crippen molar-refractivity contribution in [3.8, 4) is 0 Å². The summed E-state index contributed by atoms with van der Waals surface area (Å²) in [4.78, 5) is 15.4. The molecule has 1 saturated heterocycles. The summed E-state index contributed by atoms with van der Waals surface area (Å²) in [6.45, 7) is 4.07. The summed E-state index contributed by atoms with van der Waals surface area (Å²) in [5.41, 5.74) is 1.06. The highest BCUT2D eigenvalue weighted by molar-refractivity contribution is 5.34. The maximum absolute atomic E-state index is 10.4. The lowest BCUT2D eigenvalue weighted by atomic mass is 10.2. The molecule has 0 bridgehead atoms. The largest absolute Gasteiger partial charge is 0.270 e. The quantitative estimate of drug-likeness (QED) is 0.434. The fourth-order valence-corrected chi connectivity index (χ4v) is 1.45. The molecule has 1 unspecified atom stereocenters. The second-order valence-electron chi connectivity index (χ2n) is 3.76. The fraction of sp³-hybridized carbons (Fsp3) is 0.400. The van der Waals surface area contributed by atoms with E-state index in [0.717, 1.165) is 5.56 Å². The van der Waals surface area contributed by atoms with Crippen molar-refractivity contribution in [3.63, 3.8) is 0 Å². The van der Waals surface area contributed by atoms with Crippen LogP contribution >= 0.6 is 0 Å². The first-order valence-corrected chi connectivity index (χ1v) is 4.79. The highest BCUT2D eigenvalue weighted by Crippen LogP contribution is 2.39. The molecule has 0 saturated carbocycles. The van der Waals surface area contributed by atoms with E-state index >= 15 is 0 Å². The average Bonchev–Trinajstić information content (AvgIpc) is 2.97. The standard InChI is InChI=1S/C10H12N2O3/c1-7(2)11-10(15-11)8-3-5-9(6-4-8)12(13)14/h3-7,10H,1-2H3/t10-,11?/m1/s1. The Hall–Kier alpha value is -1.46. The lowest BCUT2D eigenvalue weighted by molar-refractivity contribution is -0.384. The minimum Gasteiger partial charge on any atom is -0.270 e. The topological polar surface area (TPSA) is 58.7 Å². The van der Waals surface area contributed by atoms with Crippen molar-refractivity contribution in [2.45, 2.75) is 26.1 Å². The predicted molar refractivity (Wildman–Crippen MR) is 53.9 cm³/mol. The molecule has 80 valence electrons. The van der Waals surface area contributed by atoms with E-state index in [1.807, 2.05) is 18.9 Å². The smallest absolute Gasteiger partial charge is 0.269 e. The Kier molecular flexibility index (Phi) is 2.42. The van der Waals surface area contributed by atoms with Gasteiger partial charge >= 0.3 is 0 Å². The lowest BCUT2D eigenvalue weighted by Gasteiger charge is -2.00. The Morgan fingerprint density at radius 3 is 2.40 bits per heavy atom. The number of nitro benzene ring substituents is 1. The number of hydroxylamine groups is 2. The van der Waals surface area contributed by atoms with Crippen LogP contribution in [0.3, 0.4) is 0 Å². The number of hydrogen-bond acceptors (Lipinski definition) is 4. The highest BCUT2D eigenvalue weighted by atomic mass is 16.8. The van der Waals surface area contributed by atoms with E-state index in [9.17, 15) is 10.1 Å². The van der Waals surface area contributed by atoms with Gasteiger partial charge in [0.05, 0.1) is 4.92 Å². The zero-order chi connectivity index (χ0) is 11.0. The molecule has 0 aromatic heterocycles. The minimum atomic E-state index is -0.405. The van der Waals surface area contributed by atoms with Gasteiger partial charge in [0, 0.05) is 23.7 Å². The second kappa shape index (κ2) is 3.60. The van der Waals surface area contributed by atoms with Crippen LogP contribution in [0.15, 0.2) is 24.3 Å². The van der Waals surface area contributed by atoms with Crippen molar-refractivity contribution in [1.82, 2.24) is 5.06 Å². The molecule has 0 aliphatic carbocycles. The van der Waals surface area contributed by atoms with E-state index < -0.39 is 4.92 Å². The van der Waals surface area contributed by atoms with E-state index in [2.05, 4.69) is 0 Å². The minimum absolute atomic E-state index is 0.0363. The molecular formula is C10H12N2O3.